The van der Waals surface area contributed by atoms with Gasteiger partial charge in [0.2, 0.25) is 0 Å². The fraction of sp³-hybridized carbons (Fsp3) is 0.871. The zero-order valence-electron chi connectivity index (χ0n) is 23.4. The van der Waals surface area contributed by atoms with Gasteiger partial charge < -0.3 is 9.47 Å². The van der Waals surface area contributed by atoms with Gasteiger partial charge in [-0.2, -0.15) is 0 Å². The number of fused-ring (bicyclic) bond motifs is 5. The van der Waals surface area contributed by atoms with Crippen LogP contribution in [-0.4, -0.2) is 24.1 Å². The van der Waals surface area contributed by atoms with Crippen molar-refractivity contribution in [3.8, 4) is 0 Å². The lowest BCUT2D eigenvalue weighted by Gasteiger charge is -2.58. The number of hydrogen-bond donors (Lipinski definition) is 0. The highest BCUT2D eigenvalue weighted by atomic mass is 16.5. The third kappa shape index (κ3) is 5.10. The van der Waals surface area contributed by atoms with Crippen LogP contribution in [0.15, 0.2) is 11.6 Å². The molecule has 0 N–H and O–H groups in total. The molecule has 198 valence electrons. The minimum Gasteiger partial charge on any atom is -0.462 e. The van der Waals surface area contributed by atoms with Crippen LogP contribution >= 0.6 is 0 Å². The van der Waals surface area contributed by atoms with E-state index in [0.29, 0.717) is 23.2 Å². The summed E-state index contributed by atoms with van der Waals surface area (Å²) in [5.41, 5.74) is 2.17. The SMILES string of the molecule is CC(=O)OC1CC[C@@]2(C)C(=CC[C@H]3[C@@H]4CC[C@H]([C@H](C)[C@H](CCC(C)C)OC(C)=O)[C@@]4(C)CC[C@@H]32)C1. The number of esters is 2. The molecule has 4 rings (SSSR count). The molecule has 4 heteroatoms. The lowest BCUT2D eigenvalue weighted by Crippen LogP contribution is -2.51. The summed E-state index contributed by atoms with van der Waals surface area (Å²) in [5.74, 6) is 3.66. The van der Waals surface area contributed by atoms with Crippen molar-refractivity contribution in [2.45, 2.75) is 125 Å². The highest BCUT2D eigenvalue weighted by molar-refractivity contribution is 5.66. The van der Waals surface area contributed by atoms with Gasteiger partial charge in [0.05, 0.1) is 0 Å². The summed E-state index contributed by atoms with van der Waals surface area (Å²) in [4.78, 5) is 23.5. The van der Waals surface area contributed by atoms with E-state index in [2.05, 4.69) is 40.7 Å². The molecule has 4 aliphatic carbocycles. The fourth-order valence-corrected chi connectivity index (χ4v) is 9.27. The van der Waals surface area contributed by atoms with Gasteiger partial charge in [-0.05, 0) is 104 Å². The quantitative estimate of drug-likeness (QED) is 0.276. The second kappa shape index (κ2) is 10.2. The Balaban J connectivity index is 1.51. The van der Waals surface area contributed by atoms with Crippen molar-refractivity contribution in [1.29, 1.82) is 0 Å². The largest absolute Gasteiger partial charge is 0.462 e. The van der Waals surface area contributed by atoms with E-state index in [0.717, 1.165) is 49.9 Å². The van der Waals surface area contributed by atoms with E-state index in [1.807, 2.05) is 0 Å². The van der Waals surface area contributed by atoms with Crippen LogP contribution in [0.3, 0.4) is 0 Å². The summed E-state index contributed by atoms with van der Waals surface area (Å²) in [7, 11) is 0. The Kier molecular flexibility index (Phi) is 7.80. The van der Waals surface area contributed by atoms with Gasteiger partial charge in [0.1, 0.15) is 12.2 Å². The summed E-state index contributed by atoms with van der Waals surface area (Å²) >= 11 is 0. The topological polar surface area (TPSA) is 52.6 Å². The van der Waals surface area contributed by atoms with Crippen molar-refractivity contribution in [3.05, 3.63) is 11.6 Å². The normalized spacial score (nSPS) is 40.1. The Labute approximate surface area is 214 Å². The Hall–Kier alpha value is -1.32. The average molecular weight is 487 g/mol. The lowest BCUT2D eigenvalue weighted by atomic mass is 9.47. The number of allylic oxidation sites excluding steroid dienone is 1. The smallest absolute Gasteiger partial charge is 0.302 e. The van der Waals surface area contributed by atoms with Gasteiger partial charge in [-0.3, -0.25) is 9.59 Å². The average Bonchev–Trinajstić information content (AvgIpc) is 3.13. The van der Waals surface area contributed by atoms with Crippen molar-refractivity contribution in [2.24, 2.45) is 46.3 Å². The molecule has 0 radical (unpaired) electrons. The number of rotatable bonds is 7. The minimum atomic E-state index is -0.145. The summed E-state index contributed by atoms with van der Waals surface area (Å²) < 4.78 is 11.6. The van der Waals surface area contributed by atoms with E-state index in [1.165, 1.54) is 39.0 Å². The highest BCUT2D eigenvalue weighted by Gasteiger charge is 2.59. The van der Waals surface area contributed by atoms with Crippen LogP contribution in [0.25, 0.3) is 0 Å². The molecule has 0 spiro atoms. The van der Waals surface area contributed by atoms with Crippen LogP contribution in [0, 0.1) is 46.3 Å². The van der Waals surface area contributed by atoms with Gasteiger partial charge in [-0.25, -0.2) is 0 Å². The summed E-state index contributed by atoms with van der Waals surface area (Å²) in [5, 5.41) is 0. The van der Waals surface area contributed by atoms with Crippen LogP contribution in [0.1, 0.15) is 113 Å². The lowest BCUT2D eigenvalue weighted by molar-refractivity contribution is -0.152. The molecule has 0 saturated heterocycles. The molecule has 3 saturated carbocycles. The molecule has 0 amide bonds. The van der Waals surface area contributed by atoms with Gasteiger partial charge in [0, 0.05) is 20.3 Å². The third-order valence-electron chi connectivity index (χ3n) is 11.0. The molecule has 0 aromatic carbocycles. The molecule has 0 aromatic heterocycles. The van der Waals surface area contributed by atoms with Crippen LogP contribution in [0.5, 0.6) is 0 Å². The molecule has 0 heterocycles. The third-order valence-corrected chi connectivity index (χ3v) is 11.0. The fourth-order valence-electron chi connectivity index (χ4n) is 9.27. The molecule has 1 unspecified atom stereocenters. The standard InChI is InChI=1S/C31H50O4/c1-19(2)8-13-29(35-22(5)33)20(3)26-11-12-27-25-10-9-23-18-24(34-21(4)32)14-16-30(23,6)28(25)15-17-31(26,27)7/h9,19-20,24-29H,8,10-18H2,1-7H3/t20-,24?,25-,26+,27-,28-,29-,30-,31+/m0/s1. The van der Waals surface area contributed by atoms with Crippen LogP contribution in [0.4, 0.5) is 0 Å². The zero-order chi connectivity index (χ0) is 25.5. The first-order valence-corrected chi connectivity index (χ1v) is 14.5. The van der Waals surface area contributed by atoms with Crippen LogP contribution in [-0.2, 0) is 19.1 Å². The summed E-state index contributed by atoms with van der Waals surface area (Å²) in [6.07, 6.45) is 14.2. The summed E-state index contributed by atoms with van der Waals surface area (Å²) in [6.45, 7) is 15.1. The Morgan fingerprint density at radius 3 is 2.37 bits per heavy atom. The monoisotopic (exact) mass is 486 g/mol. The molecule has 4 nitrogen and oxygen atoms in total. The zero-order valence-corrected chi connectivity index (χ0v) is 23.4. The van der Waals surface area contributed by atoms with Crippen LogP contribution < -0.4 is 0 Å². The summed E-state index contributed by atoms with van der Waals surface area (Å²) in [6, 6.07) is 0. The molecular weight excluding hydrogens is 436 g/mol. The molecule has 35 heavy (non-hydrogen) atoms. The molecule has 0 aromatic rings. The second-order valence-electron chi connectivity index (χ2n) is 13.4. The Morgan fingerprint density at radius 1 is 0.971 bits per heavy atom. The minimum absolute atomic E-state index is 0.0418. The van der Waals surface area contributed by atoms with E-state index in [9.17, 15) is 9.59 Å². The maximum Gasteiger partial charge on any atom is 0.302 e. The van der Waals surface area contributed by atoms with E-state index in [4.69, 9.17) is 9.47 Å². The van der Waals surface area contributed by atoms with Gasteiger partial charge in [0.15, 0.2) is 0 Å². The molecule has 0 bridgehead atoms. The number of carbonyl (C=O) groups excluding carboxylic acids is 2. The Morgan fingerprint density at radius 2 is 1.71 bits per heavy atom. The predicted molar refractivity (Wildman–Crippen MR) is 140 cm³/mol. The van der Waals surface area contributed by atoms with Crippen molar-refractivity contribution >= 4 is 11.9 Å². The second-order valence-corrected chi connectivity index (χ2v) is 13.4. The number of carbonyl (C=O) groups is 2. The number of ether oxygens (including phenoxy) is 2. The van der Waals surface area contributed by atoms with Crippen molar-refractivity contribution in [1.82, 2.24) is 0 Å². The Bertz CT molecular complexity index is 830. The number of hydrogen-bond acceptors (Lipinski definition) is 4. The van der Waals surface area contributed by atoms with E-state index in [-0.39, 0.29) is 29.6 Å². The molecule has 9 atom stereocenters. The molecule has 0 aliphatic heterocycles. The van der Waals surface area contributed by atoms with E-state index >= 15 is 0 Å². The van der Waals surface area contributed by atoms with E-state index in [1.54, 1.807) is 12.5 Å². The maximum absolute atomic E-state index is 12.0. The highest BCUT2D eigenvalue weighted by Crippen LogP contribution is 2.67. The predicted octanol–water partition coefficient (Wildman–Crippen LogP) is 7.50. The molecule has 3 fully saturated rings. The first-order valence-electron chi connectivity index (χ1n) is 14.5. The van der Waals surface area contributed by atoms with Gasteiger partial charge in [-0.1, -0.05) is 46.3 Å². The maximum atomic E-state index is 12.0. The van der Waals surface area contributed by atoms with E-state index < -0.39 is 0 Å². The van der Waals surface area contributed by atoms with Gasteiger partial charge >= 0.3 is 11.9 Å². The van der Waals surface area contributed by atoms with Crippen molar-refractivity contribution < 1.29 is 19.1 Å². The first-order chi connectivity index (χ1) is 16.5. The molecule has 4 aliphatic rings. The van der Waals surface area contributed by atoms with Crippen molar-refractivity contribution in [3.63, 3.8) is 0 Å². The first kappa shape index (κ1) is 26.7. The van der Waals surface area contributed by atoms with Gasteiger partial charge in [0.25, 0.3) is 0 Å². The van der Waals surface area contributed by atoms with Crippen molar-refractivity contribution in [2.75, 3.05) is 0 Å². The van der Waals surface area contributed by atoms with Gasteiger partial charge in [-0.15, -0.1) is 0 Å². The molecular formula is C31H50O4. The van der Waals surface area contributed by atoms with Crippen LogP contribution in [0.2, 0.25) is 0 Å².